The first-order chi connectivity index (χ1) is 12.7. The third-order valence-electron chi connectivity index (χ3n) is 3.74. The molecule has 2 aromatic rings. The quantitative estimate of drug-likeness (QED) is 0.249. The van der Waals surface area contributed by atoms with Gasteiger partial charge in [0.25, 0.3) is 0 Å². The molecule has 0 amide bonds. The molecular weight excluding hydrogens is 479 g/mol. The Morgan fingerprint density at radius 1 is 1.15 bits per heavy atom. The Morgan fingerprint density at radius 3 is 2.59 bits per heavy atom. The summed E-state index contributed by atoms with van der Waals surface area (Å²) >= 11 is 5.81. The predicted octanol–water partition coefficient (Wildman–Crippen LogP) is 3.67. The van der Waals surface area contributed by atoms with Crippen molar-refractivity contribution in [2.75, 3.05) is 27.3 Å². The molecule has 0 aliphatic rings. The van der Waals surface area contributed by atoms with Crippen LogP contribution in [0.5, 0.6) is 11.5 Å². The molecular formula is C19H26ClIN4O2. The smallest absolute Gasteiger partial charge is 0.191 e. The van der Waals surface area contributed by atoms with Crippen molar-refractivity contribution in [2.45, 2.75) is 19.9 Å². The van der Waals surface area contributed by atoms with E-state index in [0.29, 0.717) is 11.7 Å². The predicted molar refractivity (Wildman–Crippen MR) is 121 cm³/mol. The van der Waals surface area contributed by atoms with E-state index < -0.39 is 0 Å². The van der Waals surface area contributed by atoms with Gasteiger partial charge in [0.05, 0.1) is 20.8 Å². The van der Waals surface area contributed by atoms with E-state index in [1.165, 1.54) is 0 Å². The number of benzene rings is 1. The van der Waals surface area contributed by atoms with Crippen LogP contribution in [-0.2, 0) is 13.0 Å². The highest BCUT2D eigenvalue weighted by molar-refractivity contribution is 14.0. The third kappa shape index (κ3) is 7.80. The van der Waals surface area contributed by atoms with Gasteiger partial charge < -0.3 is 20.1 Å². The SMILES string of the molecule is CCNC(=NCc1ccc(OC)cc1OC)NCCc1ccc(Cl)nc1.I. The monoisotopic (exact) mass is 504 g/mol. The number of halogens is 2. The maximum Gasteiger partial charge on any atom is 0.191 e. The van der Waals surface area contributed by atoms with Crippen molar-refractivity contribution >= 4 is 41.5 Å². The zero-order valence-corrected chi connectivity index (χ0v) is 18.9. The largest absolute Gasteiger partial charge is 0.497 e. The van der Waals surface area contributed by atoms with Crippen molar-refractivity contribution in [3.63, 3.8) is 0 Å². The number of hydrogen-bond donors (Lipinski definition) is 2. The Hall–Kier alpha value is -1.74. The molecule has 27 heavy (non-hydrogen) atoms. The fourth-order valence-corrected chi connectivity index (χ4v) is 2.48. The van der Waals surface area contributed by atoms with Crippen molar-refractivity contribution < 1.29 is 9.47 Å². The van der Waals surface area contributed by atoms with Crippen LogP contribution in [0, 0.1) is 0 Å². The Labute approximate surface area is 182 Å². The van der Waals surface area contributed by atoms with E-state index in [2.05, 4.69) is 20.6 Å². The normalized spacial score (nSPS) is 10.7. The summed E-state index contributed by atoms with van der Waals surface area (Å²) < 4.78 is 10.6. The first-order valence-electron chi connectivity index (χ1n) is 8.49. The third-order valence-corrected chi connectivity index (χ3v) is 3.96. The first kappa shape index (κ1) is 23.3. The van der Waals surface area contributed by atoms with Gasteiger partial charge in [0.15, 0.2) is 5.96 Å². The van der Waals surface area contributed by atoms with E-state index in [1.54, 1.807) is 26.5 Å². The summed E-state index contributed by atoms with van der Waals surface area (Å²) in [5.41, 5.74) is 2.11. The summed E-state index contributed by atoms with van der Waals surface area (Å²) in [6.45, 7) is 4.07. The van der Waals surface area contributed by atoms with Gasteiger partial charge in [-0.2, -0.15) is 0 Å². The van der Waals surface area contributed by atoms with E-state index in [4.69, 9.17) is 21.1 Å². The summed E-state index contributed by atoms with van der Waals surface area (Å²) in [7, 11) is 3.28. The first-order valence-corrected chi connectivity index (χ1v) is 8.87. The molecule has 148 valence electrons. The lowest BCUT2D eigenvalue weighted by Gasteiger charge is -2.13. The van der Waals surface area contributed by atoms with Gasteiger partial charge in [-0.25, -0.2) is 9.98 Å². The van der Waals surface area contributed by atoms with Crippen molar-refractivity contribution in [3.05, 3.63) is 52.8 Å². The molecule has 1 aromatic carbocycles. The molecule has 0 atom stereocenters. The fraction of sp³-hybridized carbons (Fsp3) is 0.368. The number of aliphatic imine (C=N–C) groups is 1. The number of hydrogen-bond acceptors (Lipinski definition) is 4. The van der Waals surface area contributed by atoms with Gasteiger partial charge in [0, 0.05) is 30.9 Å². The number of rotatable bonds is 8. The van der Waals surface area contributed by atoms with Crippen molar-refractivity contribution in [1.82, 2.24) is 15.6 Å². The maximum absolute atomic E-state index is 5.81. The second-order valence-electron chi connectivity index (χ2n) is 5.54. The molecule has 6 nitrogen and oxygen atoms in total. The zero-order valence-electron chi connectivity index (χ0n) is 15.8. The number of nitrogens with zero attached hydrogens (tertiary/aromatic N) is 2. The lowest BCUT2D eigenvalue weighted by atomic mass is 10.2. The molecule has 0 saturated heterocycles. The molecule has 0 fully saturated rings. The van der Waals surface area contributed by atoms with Crippen LogP contribution in [0.3, 0.4) is 0 Å². The van der Waals surface area contributed by atoms with E-state index in [1.807, 2.05) is 31.2 Å². The molecule has 0 unspecified atom stereocenters. The van der Waals surface area contributed by atoms with Crippen LogP contribution < -0.4 is 20.1 Å². The second kappa shape index (κ2) is 12.6. The van der Waals surface area contributed by atoms with Crippen molar-refractivity contribution in [3.8, 4) is 11.5 Å². The number of methoxy groups -OCH3 is 2. The van der Waals surface area contributed by atoms with E-state index in [9.17, 15) is 0 Å². The summed E-state index contributed by atoms with van der Waals surface area (Å²) in [5.74, 6) is 2.28. The van der Waals surface area contributed by atoms with Gasteiger partial charge in [0.1, 0.15) is 16.7 Å². The minimum absolute atomic E-state index is 0. The highest BCUT2D eigenvalue weighted by atomic mass is 127. The van der Waals surface area contributed by atoms with Crippen LogP contribution in [0.15, 0.2) is 41.5 Å². The second-order valence-corrected chi connectivity index (χ2v) is 5.93. The highest BCUT2D eigenvalue weighted by Crippen LogP contribution is 2.25. The summed E-state index contributed by atoms with van der Waals surface area (Å²) in [6, 6.07) is 9.50. The van der Waals surface area contributed by atoms with E-state index in [-0.39, 0.29) is 24.0 Å². The molecule has 0 aliphatic carbocycles. The Kier molecular flexibility index (Phi) is 10.9. The molecule has 2 rings (SSSR count). The van der Waals surface area contributed by atoms with Gasteiger partial charge in [-0.1, -0.05) is 17.7 Å². The number of guanidine groups is 1. The number of ether oxygens (including phenoxy) is 2. The van der Waals surface area contributed by atoms with Crippen LogP contribution in [0.4, 0.5) is 0 Å². The van der Waals surface area contributed by atoms with Crippen LogP contribution in [-0.4, -0.2) is 38.3 Å². The molecule has 0 bridgehead atoms. The zero-order chi connectivity index (χ0) is 18.8. The van der Waals surface area contributed by atoms with Gasteiger partial charge in [-0.15, -0.1) is 24.0 Å². The fourth-order valence-electron chi connectivity index (χ4n) is 2.37. The summed E-state index contributed by atoms with van der Waals surface area (Å²) in [5, 5.41) is 7.08. The van der Waals surface area contributed by atoms with Crippen LogP contribution in [0.2, 0.25) is 5.15 Å². The number of nitrogens with one attached hydrogen (secondary N) is 2. The lowest BCUT2D eigenvalue weighted by molar-refractivity contribution is 0.391. The number of aromatic nitrogens is 1. The molecule has 0 saturated carbocycles. The van der Waals surface area contributed by atoms with Gasteiger partial charge in [-0.3, -0.25) is 0 Å². The Bertz CT molecular complexity index is 726. The minimum Gasteiger partial charge on any atom is -0.497 e. The van der Waals surface area contributed by atoms with Gasteiger partial charge in [0.2, 0.25) is 0 Å². The molecule has 0 radical (unpaired) electrons. The van der Waals surface area contributed by atoms with Crippen LogP contribution in [0.25, 0.3) is 0 Å². The van der Waals surface area contributed by atoms with Crippen LogP contribution >= 0.6 is 35.6 Å². The molecule has 1 heterocycles. The topological polar surface area (TPSA) is 67.8 Å². The maximum atomic E-state index is 5.81. The standard InChI is InChI=1S/C19H25ClN4O2.HI/c1-4-21-19(22-10-9-14-5-8-18(20)23-12-14)24-13-15-6-7-16(25-2)11-17(15)26-3;/h5-8,11-12H,4,9-10,13H2,1-3H3,(H2,21,22,24);1H. The Balaban J connectivity index is 0.00000364. The van der Waals surface area contributed by atoms with Crippen LogP contribution in [0.1, 0.15) is 18.1 Å². The van der Waals surface area contributed by atoms with E-state index >= 15 is 0 Å². The summed E-state index contributed by atoms with van der Waals surface area (Å²) in [4.78, 5) is 8.72. The Morgan fingerprint density at radius 2 is 1.96 bits per heavy atom. The van der Waals surface area contributed by atoms with E-state index in [0.717, 1.165) is 48.1 Å². The summed E-state index contributed by atoms with van der Waals surface area (Å²) in [6.07, 6.45) is 2.62. The van der Waals surface area contributed by atoms with Crippen molar-refractivity contribution in [2.24, 2.45) is 4.99 Å². The average molecular weight is 505 g/mol. The molecule has 1 aromatic heterocycles. The minimum atomic E-state index is 0. The number of pyridine rings is 1. The molecule has 8 heteroatoms. The molecule has 0 aliphatic heterocycles. The van der Waals surface area contributed by atoms with Gasteiger partial charge in [-0.05, 0) is 37.1 Å². The molecule has 0 spiro atoms. The molecule has 2 N–H and O–H groups in total. The highest BCUT2D eigenvalue weighted by Gasteiger charge is 2.05. The average Bonchev–Trinajstić information content (AvgIpc) is 2.67. The lowest BCUT2D eigenvalue weighted by Crippen LogP contribution is -2.38. The van der Waals surface area contributed by atoms with Gasteiger partial charge >= 0.3 is 0 Å². The van der Waals surface area contributed by atoms with Crippen molar-refractivity contribution in [1.29, 1.82) is 0 Å².